The maximum Gasteiger partial charge on any atom is 0.325 e. The van der Waals surface area contributed by atoms with Crippen molar-refractivity contribution < 1.29 is 63.3 Å². The Balaban J connectivity index is 1.45. The molecule has 25 nitrogen and oxygen atoms in total. The van der Waals surface area contributed by atoms with Gasteiger partial charge in [-0.1, -0.05) is 56.3 Å². The first-order chi connectivity index (χ1) is 35.5. The highest BCUT2D eigenvalue weighted by Gasteiger charge is 2.44. The molecule has 2 heterocycles. The number of aliphatic carboxylic acids is 2. The number of carbonyl (C=O) groups is 10. The molecule has 2 fully saturated rings. The molecule has 0 unspecified atom stereocenters. The number of hydrogen-bond acceptors (Lipinski definition) is 13. The number of benzene rings is 2. The van der Waals surface area contributed by atoms with Crippen molar-refractivity contribution >= 4 is 65.2 Å². The summed E-state index contributed by atoms with van der Waals surface area (Å²) in [5, 5.41) is 43.8. The Kier molecular flexibility index (Phi) is 23.2. The van der Waals surface area contributed by atoms with Crippen LogP contribution < -0.4 is 49.1 Å². The molecule has 25 heteroatoms. The predicted molar refractivity (Wildman–Crippen MR) is 272 cm³/mol. The summed E-state index contributed by atoms with van der Waals surface area (Å²) in [7, 11) is 0. The van der Waals surface area contributed by atoms with Crippen molar-refractivity contribution in [3.8, 4) is 5.75 Å². The van der Waals surface area contributed by atoms with E-state index >= 15 is 0 Å². The first kappa shape index (κ1) is 59.7. The second-order valence-electron chi connectivity index (χ2n) is 19.1. The van der Waals surface area contributed by atoms with Gasteiger partial charge in [0.1, 0.15) is 48.0 Å². The van der Waals surface area contributed by atoms with Crippen LogP contribution in [0, 0.1) is 5.92 Å². The van der Waals surface area contributed by atoms with Crippen LogP contribution in [0.2, 0.25) is 0 Å². The minimum absolute atomic E-state index is 0.0231. The molecule has 4 rings (SSSR count). The van der Waals surface area contributed by atoms with Gasteiger partial charge in [0.25, 0.3) is 0 Å². The zero-order valence-electron chi connectivity index (χ0n) is 42.5. The summed E-state index contributed by atoms with van der Waals surface area (Å²) in [6.45, 7) is 4.65. The summed E-state index contributed by atoms with van der Waals surface area (Å²) < 4.78 is 0. The van der Waals surface area contributed by atoms with E-state index < -0.39 is 114 Å². The van der Waals surface area contributed by atoms with Gasteiger partial charge < -0.3 is 74.2 Å². The van der Waals surface area contributed by atoms with Crippen LogP contribution in [0.1, 0.15) is 89.7 Å². The van der Waals surface area contributed by atoms with Gasteiger partial charge in [0.15, 0.2) is 5.96 Å². The van der Waals surface area contributed by atoms with Gasteiger partial charge in [-0.25, -0.2) is 0 Å². The Labute approximate surface area is 434 Å². The van der Waals surface area contributed by atoms with E-state index in [-0.39, 0.29) is 95.0 Å². The van der Waals surface area contributed by atoms with Gasteiger partial charge in [-0.05, 0) is 87.5 Å². The van der Waals surface area contributed by atoms with Crippen LogP contribution in [0.4, 0.5) is 0 Å². The van der Waals surface area contributed by atoms with Crippen LogP contribution in [0.25, 0.3) is 0 Å². The summed E-state index contributed by atoms with van der Waals surface area (Å²) in [5.74, 6) is -8.46. The molecule has 0 spiro atoms. The number of guanidine groups is 1. The number of likely N-dealkylation sites (tertiary alicyclic amines) is 2. The molecule has 2 aliphatic heterocycles. The van der Waals surface area contributed by atoms with Crippen LogP contribution >= 0.6 is 0 Å². The van der Waals surface area contributed by atoms with E-state index in [1.54, 1.807) is 42.5 Å². The first-order valence-electron chi connectivity index (χ1n) is 25.0. The zero-order valence-corrected chi connectivity index (χ0v) is 42.5. The molecule has 0 aromatic heterocycles. The highest BCUT2D eigenvalue weighted by molar-refractivity contribution is 5.98. The lowest BCUT2D eigenvalue weighted by atomic mass is 10.0. The average Bonchev–Trinajstić information content (AvgIpc) is 4.07. The Bertz CT molecular complexity index is 2370. The highest BCUT2D eigenvalue weighted by Crippen LogP contribution is 2.27. The molecule has 8 atom stereocenters. The third kappa shape index (κ3) is 19.2. The monoisotopic (exact) mass is 1050 g/mol. The number of nitrogens with one attached hydrogen (secondary N) is 6. The third-order valence-electron chi connectivity index (χ3n) is 12.7. The van der Waals surface area contributed by atoms with Crippen molar-refractivity contribution in [3.63, 3.8) is 0 Å². The molecule has 2 aliphatic rings. The molecule has 2 aromatic carbocycles. The van der Waals surface area contributed by atoms with E-state index in [1.807, 2.05) is 13.8 Å². The van der Waals surface area contributed by atoms with Crippen molar-refractivity contribution in [1.29, 1.82) is 0 Å². The van der Waals surface area contributed by atoms with Crippen molar-refractivity contribution in [2.24, 2.45) is 28.1 Å². The number of rotatable bonds is 28. The topological polar surface area (TPSA) is 400 Å². The number of phenolic OH excluding ortho intramolecular Hbond substituents is 1. The van der Waals surface area contributed by atoms with Gasteiger partial charge in [0, 0.05) is 38.9 Å². The van der Waals surface area contributed by atoms with Crippen LogP contribution in [-0.4, -0.2) is 165 Å². The molecule has 15 N–H and O–H groups in total. The second kappa shape index (κ2) is 29.2. The number of phenols is 1. The molecule has 0 saturated carbocycles. The molecule has 2 saturated heterocycles. The number of amides is 8. The SMILES string of the molecule is CC(C)C[C@H](NC(=O)[C@@H]1CCCN1C(=O)[C@@H]1CCCN1C(=O)[C@H](Cc1ccc(O)cc1)NC(=O)[C@@H](N)CCC(=O)O)C(=O)NCC(=O)N[C@@H](CCCN=C(N)N)C(=O)N[C@@H](Cc1ccccc1)C(=O)N[C@@H](C)C(=O)O. The predicted octanol–water partition coefficient (Wildman–Crippen LogP) is -1.90. The smallest absolute Gasteiger partial charge is 0.325 e. The zero-order chi connectivity index (χ0) is 55.4. The maximum atomic E-state index is 14.4. The fourth-order valence-electron chi connectivity index (χ4n) is 8.72. The number of carboxylic acids is 2. The van der Waals surface area contributed by atoms with E-state index in [9.17, 15) is 58.2 Å². The highest BCUT2D eigenvalue weighted by atomic mass is 16.4. The van der Waals surface area contributed by atoms with E-state index in [0.717, 1.165) is 0 Å². The van der Waals surface area contributed by atoms with E-state index in [4.69, 9.17) is 22.3 Å². The summed E-state index contributed by atoms with van der Waals surface area (Å²) in [6, 6.07) is 5.07. The Morgan fingerprint density at radius 3 is 1.91 bits per heavy atom. The first-order valence-corrected chi connectivity index (χ1v) is 25.0. The largest absolute Gasteiger partial charge is 0.508 e. The average molecular weight is 1050 g/mol. The quantitative estimate of drug-likeness (QED) is 0.0252. The molecule has 8 amide bonds. The van der Waals surface area contributed by atoms with E-state index in [0.29, 0.717) is 24.0 Å². The number of aromatic hydroxyl groups is 1. The number of carboxylic acid groups (broad SMARTS) is 2. The molecular formula is C50H72N12O13. The van der Waals surface area contributed by atoms with Gasteiger partial charge in [-0.3, -0.25) is 52.9 Å². The van der Waals surface area contributed by atoms with Crippen molar-refractivity contribution in [1.82, 2.24) is 41.7 Å². The van der Waals surface area contributed by atoms with Crippen LogP contribution in [0.3, 0.4) is 0 Å². The summed E-state index contributed by atoms with van der Waals surface area (Å²) in [6.07, 6.45) is 1.00. The lowest BCUT2D eigenvalue weighted by Crippen LogP contribution is -2.59. The number of nitrogens with two attached hydrogens (primary N) is 3. The fraction of sp³-hybridized carbons (Fsp3) is 0.540. The van der Waals surface area contributed by atoms with Crippen LogP contribution in [0.5, 0.6) is 5.75 Å². The number of carbonyl (C=O) groups excluding carboxylic acids is 8. The molecule has 2 aromatic rings. The molecule has 75 heavy (non-hydrogen) atoms. The van der Waals surface area contributed by atoms with Gasteiger partial charge >= 0.3 is 11.9 Å². The normalized spacial score (nSPS) is 17.5. The standard InChI is InChI=1S/C50H72N12O13/c1-28(2)24-35(43(68)55-27-40(64)57-34(12-7-21-54-50(52)53)44(69)58-36(25-30-10-5-4-6-11-30)45(70)56-29(3)49(74)75)59-46(71)38-13-8-22-61(38)48(73)39-14-9-23-62(39)47(72)37(26-31-15-17-32(63)18-16-31)60-42(67)33(51)19-20-41(65)66/h4-6,10-11,15-18,28-29,33-39,63H,7-9,12-14,19-27,51H2,1-3H3,(H,55,68)(H,56,70)(H,57,64)(H,58,69)(H,59,71)(H,60,67)(H,65,66)(H,74,75)(H4,52,53,54)/t29-,33-,34-,35-,36-,37-,38-,39-/m0/s1. The van der Waals surface area contributed by atoms with Crippen molar-refractivity contribution in [2.45, 2.75) is 140 Å². The second-order valence-corrected chi connectivity index (χ2v) is 19.1. The van der Waals surface area contributed by atoms with Crippen molar-refractivity contribution in [2.75, 3.05) is 26.2 Å². The lowest BCUT2D eigenvalue weighted by molar-refractivity contribution is -0.148. The molecule has 0 radical (unpaired) electrons. The van der Waals surface area contributed by atoms with Gasteiger partial charge in [-0.2, -0.15) is 0 Å². The van der Waals surface area contributed by atoms with Crippen LogP contribution in [-0.2, 0) is 60.8 Å². The molecule has 0 aliphatic carbocycles. The Morgan fingerprint density at radius 1 is 0.680 bits per heavy atom. The number of aliphatic imine (C=N–C) groups is 1. The van der Waals surface area contributed by atoms with Crippen LogP contribution in [0.15, 0.2) is 59.6 Å². The molecule has 0 bridgehead atoms. The summed E-state index contributed by atoms with van der Waals surface area (Å²) >= 11 is 0. The van der Waals surface area contributed by atoms with E-state index in [1.165, 1.54) is 28.9 Å². The lowest BCUT2D eigenvalue weighted by Gasteiger charge is -2.33. The summed E-state index contributed by atoms with van der Waals surface area (Å²) in [4.78, 5) is 140. The van der Waals surface area contributed by atoms with E-state index in [2.05, 4.69) is 36.9 Å². The van der Waals surface area contributed by atoms with Gasteiger partial charge in [0.2, 0.25) is 47.3 Å². The Hall–Kier alpha value is -7.83. The Morgan fingerprint density at radius 2 is 1.28 bits per heavy atom. The third-order valence-corrected chi connectivity index (χ3v) is 12.7. The summed E-state index contributed by atoms with van der Waals surface area (Å²) in [5.41, 5.74) is 18.1. The molecule has 410 valence electrons. The number of hydrogen-bond donors (Lipinski definition) is 12. The fourth-order valence-corrected chi connectivity index (χ4v) is 8.72. The van der Waals surface area contributed by atoms with Gasteiger partial charge in [0.05, 0.1) is 12.6 Å². The minimum atomic E-state index is -1.30. The maximum absolute atomic E-state index is 14.4. The van der Waals surface area contributed by atoms with Gasteiger partial charge in [-0.15, -0.1) is 0 Å². The molecular weight excluding hydrogens is 977 g/mol. The number of nitrogens with zero attached hydrogens (tertiary/aromatic N) is 3. The van der Waals surface area contributed by atoms with Crippen molar-refractivity contribution in [3.05, 3.63) is 65.7 Å². The minimum Gasteiger partial charge on any atom is -0.508 e.